The number of aromatic nitrogens is 1. The molecule has 100 valence electrons. The van der Waals surface area contributed by atoms with E-state index in [4.69, 9.17) is 10.8 Å². The van der Waals surface area contributed by atoms with E-state index < -0.39 is 41.5 Å². The monoisotopic (exact) mass is 272 g/mol. The van der Waals surface area contributed by atoms with Crippen LogP contribution in [0.5, 0.6) is 5.75 Å². The van der Waals surface area contributed by atoms with E-state index in [0.29, 0.717) is 6.20 Å². The first-order chi connectivity index (χ1) is 8.13. The number of aromatic carboxylic acids is 1. The molecule has 1 heterocycles. The van der Waals surface area contributed by atoms with Crippen LogP contribution in [-0.2, 0) is 0 Å². The lowest BCUT2D eigenvalue weighted by molar-refractivity contribution is -0.274. The van der Waals surface area contributed by atoms with E-state index in [-0.39, 0.29) is 0 Å². The van der Waals surface area contributed by atoms with Crippen LogP contribution in [0.25, 0.3) is 0 Å². The number of hydrogen-bond acceptors (Lipinski definition) is 4. The summed E-state index contributed by atoms with van der Waals surface area (Å²) in [4.78, 5) is 13.8. The summed E-state index contributed by atoms with van der Waals surface area (Å²) in [5.41, 5.74) is 2.41. The third-order valence-electron chi connectivity index (χ3n) is 1.76. The smallest absolute Gasteiger partial charge is 0.478 e. The summed E-state index contributed by atoms with van der Waals surface area (Å²) < 4.78 is 64.3. The lowest BCUT2D eigenvalue weighted by Gasteiger charge is -2.15. The van der Waals surface area contributed by atoms with Crippen molar-refractivity contribution in [3.63, 3.8) is 0 Å². The lowest BCUT2D eigenvalue weighted by atomic mass is 10.1. The summed E-state index contributed by atoms with van der Waals surface area (Å²) in [6.07, 6.45) is -8.23. The Labute approximate surface area is 96.0 Å². The number of anilines is 1. The van der Waals surface area contributed by atoms with Crippen LogP contribution in [-0.4, -0.2) is 22.4 Å². The van der Waals surface area contributed by atoms with Gasteiger partial charge < -0.3 is 15.6 Å². The Morgan fingerprint density at radius 3 is 2.39 bits per heavy atom. The Kier molecular flexibility index (Phi) is 3.58. The second-order valence-corrected chi connectivity index (χ2v) is 2.96. The normalized spacial score (nSPS) is 11.7. The highest BCUT2D eigenvalue weighted by Crippen LogP contribution is 2.36. The van der Waals surface area contributed by atoms with Gasteiger partial charge in [0.1, 0.15) is 5.56 Å². The number of ether oxygens (including phenoxy) is 1. The van der Waals surface area contributed by atoms with Gasteiger partial charge in [-0.05, 0) is 0 Å². The summed E-state index contributed by atoms with van der Waals surface area (Å²) in [5.74, 6) is -4.43. The van der Waals surface area contributed by atoms with Gasteiger partial charge in [0.2, 0.25) is 0 Å². The molecule has 0 spiro atoms. The van der Waals surface area contributed by atoms with Crippen molar-refractivity contribution in [3.05, 3.63) is 17.3 Å². The highest BCUT2D eigenvalue weighted by Gasteiger charge is 2.36. The average molecular weight is 272 g/mol. The number of rotatable bonds is 3. The second-order valence-electron chi connectivity index (χ2n) is 2.96. The van der Waals surface area contributed by atoms with Crippen molar-refractivity contribution in [2.24, 2.45) is 0 Å². The number of pyridine rings is 1. The summed E-state index contributed by atoms with van der Waals surface area (Å²) in [7, 11) is 0. The first kappa shape index (κ1) is 13.9. The van der Waals surface area contributed by atoms with Gasteiger partial charge in [0.15, 0.2) is 11.6 Å². The van der Waals surface area contributed by atoms with Crippen molar-refractivity contribution < 1.29 is 36.6 Å². The Balaban J connectivity index is 3.46. The molecule has 0 radical (unpaired) electrons. The fraction of sp³-hybridized carbons (Fsp3) is 0.250. The van der Waals surface area contributed by atoms with Gasteiger partial charge in [-0.25, -0.2) is 18.6 Å². The Hall–Kier alpha value is -2.13. The van der Waals surface area contributed by atoms with Crippen molar-refractivity contribution in [2.45, 2.75) is 12.8 Å². The summed E-state index contributed by atoms with van der Waals surface area (Å²) in [6.45, 7) is 0. The highest BCUT2D eigenvalue weighted by molar-refractivity contribution is 5.94. The molecule has 1 aromatic heterocycles. The molecule has 0 saturated heterocycles. The summed E-state index contributed by atoms with van der Waals surface area (Å²) in [5, 5.41) is 8.65. The van der Waals surface area contributed by atoms with E-state index in [9.17, 15) is 26.7 Å². The third-order valence-corrected chi connectivity index (χ3v) is 1.76. The number of carboxylic acid groups (broad SMARTS) is 1. The zero-order chi connectivity index (χ0) is 14.1. The number of hydrogen-bond donors (Lipinski definition) is 2. The molecule has 10 heteroatoms. The Bertz CT molecular complexity index is 475. The van der Waals surface area contributed by atoms with Gasteiger partial charge in [-0.1, -0.05) is 0 Å². The second kappa shape index (κ2) is 4.63. The van der Waals surface area contributed by atoms with Gasteiger partial charge in [0.25, 0.3) is 6.43 Å². The van der Waals surface area contributed by atoms with Crippen LogP contribution < -0.4 is 10.5 Å². The molecule has 0 atom stereocenters. The summed E-state index contributed by atoms with van der Waals surface area (Å²) in [6, 6.07) is 0. The Morgan fingerprint density at radius 1 is 1.44 bits per heavy atom. The molecular formula is C8H5F5N2O3. The molecule has 1 aromatic rings. The zero-order valence-corrected chi connectivity index (χ0v) is 8.33. The molecule has 3 N–H and O–H groups in total. The SMILES string of the molecule is Nc1ncc(C(F)F)c(C(=O)O)c1OC(F)(F)F. The number of nitrogens with zero attached hydrogens (tertiary/aromatic N) is 1. The minimum Gasteiger partial charge on any atom is -0.478 e. The molecule has 0 saturated carbocycles. The number of halogens is 5. The van der Waals surface area contributed by atoms with Crippen molar-refractivity contribution in [3.8, 4) is 5.75 Å². The molecule has 0 bridgehead atoms. The Morgan fingerprint density at radius 2 is 2.00 bits per heavy atom. The third kappa shape index (κ3) is 2.96. The number of carbonyl (C=O) groups is 1. The molecule has 18 heavy (non-hydrogen) atoms. The standard InChI is InChI=1S/C8H5F5N2O3/c9-5(10)2-1-15-6(14)4(3(2)7(16)17)18-8(11,12)13/h1,5H,(H2,14,15)(H,16,17). The maximum absolute atomic E-state index is 12.5. The van der Waals surface area contributed by atoms with Crippen molar-refractivity contribution >= 4 is 11.8 Å². The number of carboxylic acids is 1. The van der Waals surface area contributed by atoms with E-state index in [2.05, 4.69) is 9.72 Å². The van der Waals surface area contributed by atoms with Crippen LogP contribution in [0, 0.1) is 0 Å². The van der Waals surface area contributed by atoms with Crippen LogP contribution >= 0.6 is 0 Å². The van der Waals surface area contributed by atoms with Gasteiger partial charge in [-0.3, -0.25) is 0 Å². The first-order valence-corrected chi connectivity index (χ1v) is 4.19. The number of nitrogens with two attached hydrogens (primary N) is 1. The molecule has 0 unspecified atom stereocenters. The molecular weight excluding hydrogens is 267 g/mol. The number of alkyl halides is 5. The van der Waals surface area contributed by atoms with Crippen LogP contribution in [0.3, 0.4) is 0 Å². The molecule has 0 fully saturated rings. The van der Waals surface area contributed by atoms with Crippen molar-refractivity contribution in [1.29, 1.82) is 0 Å². The van der Waals surface area contributed by atoms with E-state index in [1.807, 2.05) is 0 Å². The maximum atomic E-state index is 12.5. The maximum Gasteiger partial charge on any atom is 0.573 e. The van der Waals surface area contributed by atoms with E-state index >= 15 is 0 Å². The largest absolute Gasteiger partial charge is 0.573 e. The van der Waals surface area contributed by atoms with E-state index in [1.165, 1.54) is 0 Å². The molecule has 0 amide bonds. The van der Waals surface area contributed by atoms with Gasteiger partial charge in [-0.15, -0.1) is 13.2 Å². The number of nitrogen functional groups attached to an aromatic ring is 1. The molecule has 5 nitrogen and oxygen atoms in total. The van der Waals surface area contributed by atoms with Crippen LogP contribution in [0.2, 0.25) is 0 Å². The van der Waals surface area contributed by atoms with Gasteiger partial charge >= 0.3 is 12.3 Å². The zero-order valence-electron chi connectivity index (χ0n) is 8.33. The van der Waals surface area contributed by atoms with Gasteiger partial charge in [-0.2, -0.15) is 0 Å². The quantitative estimate of drug-likeness (QED) is 0.824. The van der Waals surface area contributed by atoms with Gasteiger partial charge in [0.05, 0.1) is 5.56 Å². The summed E-state index contributed by atoms with van der Waals surface area (Å²) >= 11 is 0. The highest BCUT2D eigenvalue weighted by atomic mass is 19.4. The minimum absolute atomic E-state index is 0.382. The van der Waals surface area contributed by atoms with Crippen LogP contribution in [0.4, 0.5) is 27.8 Å². The predicted octanol–water partition coefficient (Wildman–Crippen LogP) is 2.20. The molecule has 1 rings (SSSR count). The fourth-order valence-electron chi connectivity index (χ4n) is 1.13. The minimum atomic E-state index is -5.28. The fourth-order valence-corrected chi connectivity index (χ4v) is 1.13. The van der Waals surface area contributed by atoms with E-state index in [1.54, 1.807) is 0 Å². The van der Waals surface area contributed by atoms with Crippen molar-refractivity contribution in [1.82, 2.24) is 4.98 Å². The van der Waals surface area contributed by atoms with Gasteiger partial charge in [0, 0.05) is 6.20 Å². The first-order valence-electron chi connectivity index (χ1n) is 4.19. The molecule has 0 aliphatic heterocycles. The molecule has 0 aliphatic rings. The molecule has 0 aromatic carbocycles. The topological polar surface area (TPSA) is 85.4 Å². The van der Waals surface area contributed by atoms with Crippen molar-refractivity contribution in [2.75, 3.05) is 5.73 Å². The average Bonchev–Trinajstić information content (AvgIpc) is 2.17. The van der Waals surface area contributed by atoms with E-state index in [0.717, 1.165) is 0 Å². The predicted molar refractivity (Wildman–Crippen MR) is 47.2 cm³/mol. The lowest BCUT2D eigenvalue weighted by Crippen LogP contribution is -2.21. The molecule has 0 aliphatic carbocycles. The van der Waals surface area contributed by atoms with Crippen LogP contribution in [0.1, 0.15) is 22.3 Å². The van der Waals surface area contributed by atoms with Crippen LogP contribution in [0.15, 0.2) is 6.20 Å².